The third kappa shape index (κ3) is 2.54. The summed E-state index contributed by atoms with van der Waals surface area (Å²) in [5, 5.41) is 17.3. The molecule has 0 saturated heterocycles. The molecule has 0 spiro atoms. The number of nitriles is 1. The monoisotopic (exact) mass is 297 g/mol. The van der Waals surface area contributed by atoms with Crippen LogP contribution in [0.3, 0.4) is 0 Å². The summed E-state index contributed by atoms with van der Waals surface area (Å²) in [5.74, 6) is 0.487. The summed E-state index contributed by atoms with van der Waals surface area (Å²) in [7, 11) is 0. The zero-order valence-corrected chi connectivity index (χ0v) is 12.1. The molecular weight excluding hydrogens is 286 g/mol. The number of aryl methyl sites for hydroxylation is 1. The zero-order chi connectivity index (χ0) is 14.8. The number of hydrogen-bond donors (Lipinski definition) is 1. The van der Waals surface area contributed by atoms with Crippen LogP contribution in [-0.4, -0.2) is 14.6 Å². The topological polar surface area (TPSA) is 66.0 Å². The summed E-state index contributed by atoms with van der Waals surface area (Å²) < 4.78 is 1.47. The summed E-state index contributed by atoms with van der Waals surface area (Å²) >= 11 is 6.15. The van der Waals surface area contributed by atoms with Gasteiger partial charge in [-0.2, -0.15) is 5.26 Å². The molecule has 6 heteroatoms. The van der Waals surface area contributed by atoms with E-state index in [0.717, 1.165) is 11.3 Å². The first-order chi connectivity index (χ1) is 10.2. The van der Waals surface area contributed by atoms with Gasteiger partial charge in [0.15, 0.2) is 11.5 Å². The second kappa shape index (κ2) is 5.43. The minimum absolute atomic E-state index is 0.400. The lowest BCUT2D eigenvalue weighted by atomic mass is 10.2. The van der Waals surface area contributed by atoms with Gasteiger partial charge < -0.3 is 5.32 Å². The minimum Gasteiger partial charge on any atom is -0.363 e. The second-order valence-corrected chi connectivity index (χ2v) is 5.02. The van der Waals surface area contributed by atoms with Crippen molar-refractivity contribution >= 4 is 23.1 Å². The van der Waals surface area contributed by atoms with Crippen LogP contribution in [0.2, 0.25) is 5.15 Å². The van der Waals surface area contributed by atoms with Gasteiger partial charge in [0.2, 0.25) is 0 Å². The standard InChI is InChI=1S/C15H12ClN5/c1-10-7-13(16)21-15(19-10)12(8-17)14(20-21)18-9-11-5-3-2-4-6-11/h2-7H,9H2,1H3,(H,18,20). The first-order valence-corrected chi connectivity index (χ1v) is 6.80. The highest BCUT2D eigenvalue weighted by Crippen LogP contribution is 2.22. The summed E-state index contributed by atoms with van der Waals surface area (Å²) in [4.78, 5) is 4.34. The Morgan fingerprint density at radius 1 is 1.33 bits per heavy atom. The molecule has 0 atom stereocenters. The third-order valence-corrected chi connectivity index (χ3v) is 3.36. The molecule has 0 unspecified atom stereocenters. The number of anilines is 1. The van der Waals surface area contributed by atoms with E-state index in [-0.39, 0.29) is 0 Å². The lowest BCUT2D eigenvalue weighted by molar-refractivity contribution is 0.924. The Morgan fingerprint density at radius 2 is 2.10 bits per heavy atom. The first kappa shape index (κ1) is 13.4. The minimum atomic E-state index is 0.400. The van der Waals surface area contributed by atoms with Crippen molar-refractivity contribution in [1.82, 2.24) is 14.6 Å². The number of hydrogen-bond acceptors (Lipinski definition) is 4. The predicted octanol–water partition coefficient (Wildman–Crippen LogP) is 3.17. The second-order valence-electron chi connectivity index (χ2n) is 4.63. The molecule has 21 heavy (non-hydrogen) atoms. The van der Waals surface area contributed by atoms with Gasteiger partial charge >= 0.3 is 0 Å². The van der Waals surface area contributed by atoms with E-state index < -0.39 is 0 Å². The zero-order valence-electron chi connectivity index (χ0n) is 11.3. The molecule has 0 radical (unpaired) electrons. The Bertz CT molecular complexity index is 833. The van der Waals surface area contributed by atoms with Gasteiger partial charge in [-0.3, -0.25) is 0 Å². The van der Waals surface area contributed by atoms with Crippen molar-refractivity contribution < 1.29 is 0 Å². The Morgan fingerprint density at radius 3 is 2.81 bits per heavy atom. The van der Waals surface area contributed by atoms with Crippen molar-refractivity contribution in [2.24, 2.45) is 0 Å². The molecule has 2 heterocycles. The summed E-state index contributed by atoms with van der Waals surface area (Å²) in [6, 6.07) is 13.8. The number of rotatable bonds is 3. The van der Waals surface area contributed by atoms with Crippen LogP contribution in [0.25, 0.3) is 5.65 Å². The average Bonchev–Trinajstić information content (AvgIpc) is 2.84. The number of nitrogens with zero attached hydrogens (tertiary/aromatic N) is 4. The molecule has 0 amide bonds. The average molecular weight is 298 g/mol. The molecule has 3 rings (SSSR count). The number of nitrogens with one attached hydrogen (secondary N) is 1. The molecule has 0 saturated carbocycles. The fourth-order valence-corrected chi connectivity index (χ4v) is 2.38. The van der Waals surface area contributed by atoms with Crippen LogP contribution in [0.4, 0.5) is 5.82 Å². The predicted molar refractivity (Wildman–Crippen MR) is 81.2 cm³/mol. The molecule has 0 aliphatic heterocycles. The maximum atomic E-state index is 9.36. The molecule has 0 fully saturated rings. The van der Waals surface area contributed by atoms with Crippen LogP contribution in [0.15, 0.2) is 36.4 Å². The normalized spacial score (nSPS) is 10.5. The smallest absolute Gasteiger partial charge is 0.177 e. The van der Waals surface area contributed by atoms with Crippen molar-refractivity contribution in [1.29, 1.82) is 5.26 Å². The fourth-order valence-electron chi connectivity index (χ4n) is 2.10. The largest absolute Gasteiger partial charge is 0.363 e. The van der Waals surface area contributed by atoms with Crippen LogP contribution >= 0.6 is 11.6 Å². The molecule has 0 bridgehead atoms. The van der Waals surface area contributed by atoms with Crippen LogP contribution in [-0.2, 0) is 6.54 Å². The Balaban J connectivity index is 1.99. The van der Waals surface area contributed by atoms with E-state index in [1.807, 2.05) is 37.3 Å². The number of fused-ring (bicyclic) bond motifs is 1. The van der Waals surface area contributed by atoms with Crippen molar-refractivity contribution in [2.75, 3.05) is 5.32 Å². The molecular formula is C15H12ClN5. The van der Waals surface area contributed by atoms with Crippen molar-refractivity contribution in [3.8, 4) is 6.07 Å². The molecule has 3 aromatic rings. The molecule has 1 aromatic carbocycles. The van der Waals surface area contributed by atoms with Gasteiger partial charge in [-0.15, -0.1) is 5.10 Å². The molecule has 0 aliphatic carbocycles. The molecule has 5 nitrogen and oxygen atoms in total. The van der Waals surface area contributed by atoms with E-state index in [1.54, 1.807) is 6.07 Å². The van der Waals surface area contributed by atoms with Crippen molar-refractivity contribution in [3.63, 3.8) is 0 Å². The van der Waals surface area contributed by atoms with Gasteiger partial charge in [-0.25, -0.2) is 9.50 Å². The maximum absolute atomic E-state index is 9.36. The Hall–Kier alpha value is -2.58. The summed E-state index contributed by atoms with van der Waals surface area (Å²) in [6.07, 6.45) is 0. The third-order valence-electron chi connectivity index (χ3n) is 3.09. The van der Waals surface area contributed by atoms with Gasteiger partial charge in [0.1, 0.15) is 16.8 Å². The molecule has 2 aromatic heterocycles. The van der Waals surface area contributed by atoms with E-state index in [0.29, 0.717) is 28.7 Å². The van der Waals surface area contributed by atoms with Crippen LogP contribution in [0.5, 0.6) is 0 Å². The van der Waals surface area contributed by atoms with E-state index in [2.05, 4.69) is 21.5 Å². The van der Waals surface area contributed by atoms with Gasteiger partial charge in [0.25, 0.3) is 0 Å². The van der Waals surface area contributed by atoms with E-state index in [1.165, 1.54) is 4.52 Å². The van der Waals surface area contributed by atoms with Gasteiger partial charge in [-0.1, -0.05) is 41.9 Å². The lowest BCUT2D eigenvalue weighted by Gasteiger charge is -2.02. The van der Waals surface area contributed by atoms with Gasteiger partial charge in [-0.05, 0) is 18.6 Å². The summed E-state index contributed by atoms with van der Waals surface area (Å²) in [5.41, 5.74) is 2.72. The van der Waals surface area contributed by atoms with E-state index in [9.17, 15) is 5.26 Å². The van der Waals surface area contributed by atoms with Crippen LogP contribution in [0.1, 0.15) is 16.8 Å². The van der Waals surface area contributed by atoms with E-state index in [4.69, 9.17) is 11.6 Å². The lowest BCUT2D eigenvalue weighted by Crippen LogP contribution is -2.01. The number of halogens is 1. The highest BCUT2D eigenvalue weighted by atomic mass is 35.5. The first-order valence-electron chi connectivity index (χ1n) is 6.43. The van der Waals surface area contributed by atoms with Crippen molar-refractivity contribution in [2.45, 2.75) is 13.5 Å². The van der Waals surface area contributed by atoms with Crippen LogP contribution < -0.4 is 5.32 Å². The quantitative estimate of drug-likeness (QED) is 0.754. The molecule has 0 aliphatic rings. The fraction of sp³-hybridized carbons (Fsp3) is 0.133. The summed E-state index contributed by atoms with van der Waals surface area (Å²) in [6.45, 7) is 2.41. The SMILES string of the molecule is Cc1cc(Cl)n2nc(NCc3ccccc3)c(C#N)c2n1. The molecule has 1 N–H and O–H groups in total. The number of benzene rings is 1. The van der Waals surface area contributed by atoms with Gasteiger partial charge in [0.05, 0.1) is 0 Å². The van der Waals surface area contributed by atoms with Gasteiger partial charge in [0, 0.05) is 12.2 Å². The van der Waals surface area contributed by atoms with Crippen molar-refractivity contribution in [3.05, 3.63) is 58.4 Å². The highest BCUT2D eigenvalue weighted by Gasteiger charge is 2.15. The molecule has 104 valence electrons. The Labute approximate surface area is 126 Å². The maximum Gasteiger partial charge on any atom is 0.177 e. The highest BCUT2D eigenvalue weighted by molar-refractivity contribution is 6.29. The Kier molecular flexibility index (Phi) is 3.46. The van der Waals surface area contributed by atoms with E-state index >= 15 is 0 Å². The number of aromatic nitrogens is 3. The van der Waals surface area contributed by atoms with Crippen LogP contribution in [0, 0.1) is 18.3 Å².